The van der Waals surface area contributed by atoms with Crippen molar-refractivity contribution in [3.8, 4) is 0 Å². The number of aliphatic hydroxyl groups is 1. The van der Waals surface area contributed by atoms with Crippen molar-refractivity contribution >= 4 is 17.5 Å². The zero-order valence-electron chi connectivity index (χ0n) is 14.2. The molecule has 1 aromatic carbocycles. The molecule has 1 atom stereocenters. The maximum atomic E-state index is 12.2. The number of benzene rings is 1. The lowest BCUT2D eigenvalue weighted by Crippen LogP contribution is -2.41. The summed E-state index contributed by atoms with van der Waals surface area (Å²) >= 11 is 0. The molecular weight excluding hydrogens is 320 g/mol. The number of rotatable bonds is 6. The van der Waals surface area contributed by atoms with Gasteiger partial charge in [-0.3, -0.25) is 9.59 Å². The van der Waals surface area contributed by atoms with E-state index in [0.717, 1.165) is 17.7 Å². The van der Waals surface area contributed by atoms with Gasteiger partial charge >= 0.3 is 0 Å². The highest BCUT2D eigenvalue weighted by molar-refractivity contribution is 5.96. The average Bonchev–Trinajstić information content (AvgIpc) is 3.15. The molecule has 0 spiro atoms. The second-order valence-corrected chi connectivity index (χ2v) is 6.45. The van der Waals surface area contributed by atoms with E-state index in [-0.39, 0.29) is 24.8 Å². The minimum Gasteiger partial charge on any atom is -0.466 e. The van der Waals surface area contributed by atoms with Gasteiger partial charge in [0.15, 0.2) is 0 Å². The Balaban J connectivity index is 1.55. The highest BCUT2D eigenvalue weighted by Crippen LogP contribution is 2.27. The molecule has 0 bridgehead atoms. The Bertz CT molecular complexity index is 753. The highest BCUT2D eigenvalue weighted by Gasteiger charge is 2.27. The van der Waals surface area contributed by atoms with Crippen LogP contribution in [-0.4, -0.2) is 30.0 Å². The average molecular weight is 342 g/mol. The Kier molecular flexibility index (Phi) is 4.90. The molecule has 2 heterocycles. The van der Waals surface area contributed by atoms with Gasteiger partial charge in [0.2, 0.25) is 11.8 Å². The maximum Gasteiger partial charge on any atom is 0.227 e. The molecule has 2 amide bonds. The maximum absolute atomic E-state index is 12.2. The summed E-state index contributed by atoms with van der Waals surface area (Å²) in [6, 6.07) is 11.1. The van der Waals surface area contributed by atoms with Crippen molar-refractivity contribution in [1.29, 1.82) is 0 Å². The molecule has 1 aliphatic heterocycles. The normalized spacial score (nSPS) is 16.2. The number of amides is 2. The molecule has 2 aromatic rings. The molecule has 132 valence electrons. The van der Waals surface area contributed by atoms with Crippen LogP contribution in [0, 0.1) is 0 Å². The zero-order valence-corrected chi connectivity index (χ0v) is 14.2. The summed E-state index contributed by atoms with van der Waals surface area (Å²) in [5, 5.41) is 13.0. The number of anilines is 1. The van der Waals surface area contributed by atoms with Gasteiger partial charge in [0.25, 0.3) is 0 Å². The van der Waals surface area contributed by atoms with E-state index in [0.29, 0.717) is 18.7 Å². The van der Waals surface area contributed by atoms with E-state index in [2.05, 4.69) is 5.32 Å². The fourth-order valence-electron chi connectivity index (χ4n) is 2.99. The van der Waals surface area contributed by atoms with Gasteiger partial charge in [-0.25, -0.2) is 0 Å². The number of aryl methyl sites for hydroxylation is 1. The van der Waals surface area contributed by atoms with E-state index in [4.69, 9.17) is 4.42 Å². The van der Waals surface area contributed by atoms with Crippen molar-refractivity contribution in [3.05, 3.63) is 54.0 Å². The third-order valence-electron chi connectivity index (χ3n) is 4.44. The molecule has 0 saturated heterocycles. The second kappa shape index (κ2) is 7.11. The van der Waals surface area contributed by atoms with Gasteiger partial charge in [-0.05, 0) is 37.1 Å². The van der Waals surface area contributed by atoms with Crippen LogP contribution in [0.15, 0.2) is 47.1 Å². The Morgan fingerprint density at radius 3 is 2.84 bits per heavy atom. The van der Waals surface area contributed by atoms with Crippen LogP contribution in [0.1, 0.15) is 31.1 Å². The number of nitrogens with one attached hydrogen (secondary N) is 1. The SMILES string of the molecule is CC(O)(CNC(=O)CCN1C(=O)CCc2ccccc21)c1ccco1. The van der Waals surface area contributed by atoms with Crippen molar-refractivity contribution in [2.75, 3.05) is 18.0 Å². The van der Waals surface area contributed by atoms with Gasteiger partial charge in [-0.1, -0.05) is 18.2 Å². The summed E-state index contributed by atoms with van der Waals surface area (Å²) in [7, 11) is 0. The lowest BCUT2D eigenvalue weighted by atomic mass is 10.0. The van der Waals surface area contributed by atoms with Crippen molar-refractivity contribution in [2.45, 2.75) is 31.8 Å². The van der Waals surface area contributed by atoms with Crippen LogP contribution in [0.5, 0.6) is 0 Å². The predicted molar refractivity (Wildman–Crippen MR) is 93.0 cm³/mol. The second-order valence-electron chi connectivity index (χ2n) is 6.45. The fourth-order valence-corrected chi connectivity index (χ4v) is 2.99. The zero-order chi connectivity index (χ0) is 17.9. The van der Waals surface area contributed by atoms with Crippen LogP contribution in [0.3, 0.4) is 0 Å². The predicted octanol–water partition coefficient (Wildman–Crippen LogP) is 1.97. The van der Waals surface area contributed by atoms with Crippen LogP contribution < -0.4 is 10.2 Å². The standard InChI is InChI=1S/C19H22N2O4/c1-19(24,16-7-4-12-25-16)13-20-17(22)10-11-21-15-6-3-2-5-14(15)8-9-18(21)23/h2-7,12,24H,8-11,13H2,1H3,(H,20,22). The van der Waals surface area contributed by atoms with E-state index < -0.39 is 5.60 Å². The quantitative estimate of drug-likeness (QED) is 0.841. The first-order valence-corrected chi connectivity index (χ1v) is 8.39. The minimum atomic E-state index is -1.27. The molecule has 1 aliphatic rings. The number of fused-ring (bicyclic) bond motifs is 1. The number of carbonyl (C=O) groups excluding carboxylic acids is 2. The van der Waals surface area contributed by atoms with Crippen LogP contribution in [0.25, 0.3) is 0 Å². The minimum absolute atomic E-state index is 0.0362. The lowest BCUT2D eigenvalue weighted by molar-refractivity contribution is -0.122. The van der Waals surface area contributed by atoms with Crippen molar-refractivity contribution < 1.29 is 19.1 Å². The van der Waals surface area contributed by atoms with Gasteiger partial charge in [-0.15, -0.1) is 0 Å². The van der Waals surface area contributed by atoms with Crippen LogP contribution in [-0.2, 0) is 21.6 Å². The van der Waals surface area contributed by atoms with Crippen LogP contribution >= 0.6 is 0 Å². The number of furan rings is 1. The molecule has 3 rings (SSSR count). The van der Waals surface area contributed by atoms with E-state index >= 15 is 0 Å². The molecule has 2 N–H and O–H groups in total. The molecule has 25 heavy (non-hydrogen) atoms. The van der Waals surface area contributed by atoms with Crippen LogP contribution in [0.2, 0.25) is 0 Å². The molecule has 0 fully saturated rings. The smallest absolute Gasteiger partial charge is 0.227 e. The number of para-hydroxylation sites is 1. The molecule has 0 radical (unpaired) electrons. The summed E-state index contributed by atoms with van der Waals surface area (Å²) < 4.78 is 5.18. The molecule has 6 nitrogen and oxygen atoms in total. The van der Waals surface area contributed by atoms with Gasteiger partial charge in [-0.2, -0.15) is 0 Å². The molecule has 6 heteroatoms. The molecular formula is C19H22N2O4. The van der Waals surface area contributed by atoms with Gasteiger partial charge < -0.3 is 19.7 Å². The fraction of sp³-hybridized carbons (Fsp3) is 0.368. The van der Waals surface area contributed by atoms with E-state index in [9.17, 15) is 14.7 Å². The Morgan fingerprint density at radius 2 is 2.08 bits per heavy atom. The summed E-state index contributed by atoms with van der Waals surface area (Å²) in [6.07, 6.45) is 2.86. The van der Waals surface area contributed by atoms with Crippen LogP contribution in [0.4, 0.5) is 5.69 Å². The summed E-state index contributed by atoms with van der Waals surface area (Å²) in [5.41, 5.74) is 0.740. The molecule has 1 aromatic heterocycles. The molecule has 0 saturated carbocycles. The lowest BCUT2D eigenvalue weighted by Gasteiger charge is -2.29. The monoisotopic (exact) mass is 342 g/mol. The topological polar surface area (TPSA) is 82.8 Å². The Morgan fingerprint density at radius 1 is 1.28 bits per heavy atom. The first kappa shape index (κ1) is 17.2. The number of hydrogen-bond acceptors (Lipinski definition) is 4. The Labute approximate surface area is 146 Å². The van der Waals surface area contributed by atoms with Gasteiger partial charge in [0, 0.05) is 25.1 Å². The third-order valence-corrected chi connectivity index (χ3v) is 4.44. The third kappa shape index (κ3) is 3.91. The Hall–Kier alpha value is -2.60. The van der Waals surface area contributed by atoms with E-state index in [1.807, 2.05) is 24.3 Å². The molecule has 1 unspecified atom stereocenters. The van der Waals surface area contributed by atoms with Gasteiger partial charge in [0.1, 0.15) is 11.4 Å². The van der Waals surface area contributed by atoms with Crippen molar-refractivity contribution in [2.24, 2.45) is 0 Å². The number of carbonyl (C=O) groups is 2. The first-order chi connectivity index (χ1) is 12.0. The number of nitrogens with zero attached hydrogens (tertiary/aromatic N) is 1. The van der Waals surface area contributed by atoms with E-state index in [1.54, 1.807) is 24.0 Å². The number of hydrogen-bond donors (Lipinski definition) is 2. The first-order valence-electron chi connectivity index (χ1n) is 8.39. The van der Waals surface area contributed by atoms with Gasteiger partial charge in [0.05, 0.1) is 12.8 Å². The highest BCUT2D eigenvalue weighted by atomic mass is 16.4. The summed E-state index contributed by atoms with van der Waals surface area (Å²) in [4.78, 5) is 26.0. The van der Waals surface area contributed by atoms with Crippen molar-refractivity contribution in [1.82, 2.24) is 5.32 Å². The van der Waals surface area contributed by atoms with E-state index in [1.165, 1.54) is 6.26 Å². The molecule has 0 aliphatic carbocycles. The van der Waals surface area contributed by atoms with Crippen molar-refractivity contribution in [3.63, 3.8) is 0 Å². The largest absolute Gasteiger partial charge is 0.466 e. The summed E-state index contributed by atoms with van der Waals surface area (Å²) in [6.45, 7) is 1.95. The summed E-state index contributed by atoms with van der Waals surface area (Å²) in [5.74, 6) is 0.213.